The second-order valence-corrected chi connectivity index (χ2v) is 4.60. The molecule has 4 heteroatoms. The van der Waals surface area contributed by atoms with Crippen molar-refractivity contribution in [1.82, 2.24) is 4.98 Å². The molecule has 0 unspecified atom stereocenters. The normalized spacial score (nSPS) is 17.2. The molecule has 0 aromatic carbocycles. The maximum Gasteiger partial charge on any atom is 0.128 e. The van der Waals surface area contributed by atoms with Crippen LogP contribution >= 0.6 is 11.6 Å². The van der Waals surface area contributed by atoms with Gasteiger partial charge in [-0.3, -0.25) is 0 Å². The molecule has 0 aliphatic carbocycles. The van der Waals surface area contributed by atoms with E-state index in [4.69, 9.17) is 16.7 Å². The first-order valence-electron chi connectivity index (χ1n) is 5.81. The predicted molar refractivity (Wildman–Crippen MR) is 65.9 cm³/mol. The van der Waals surface area contributed by atoms with Gasteiger partial charge in [-0.1, -0.05) is 24.4 Å². The highest BCUT2D eigenvalue weighted by atomic mass is 35.5. The van der Waals surface area contributed by atoms with E-state index in [9.17, 15) is 0 Å². The van der Waals surface area contributed by atoms with E-state index in [0.29, 0.717) is 5.02 Å². The molecule has 0 amide bonds. The summed E-state index contributed by atoms with van der Waals surface area (Å²) in [5, 5.41) is 9.71. The number of hydrogen-bond donors (Lipinski definition) is 1. The number of hydrogen-bond acceptors (Lipinski definition) is 3. The minimum atomic E-state index is -0.0256. The summed E-state index contributed by atoms with van der Waals surface area (Å²) in [6.07, 6.45) is 6.68. The maximum atomic E-state index is 9.17. The lowest BCUT2D eigenvalue weighted by Gasteiger charge is -2.21. The lowest BCUT2D eigenvalue weighted by Crippen LogP contribution is -2.24. The topological polar surface area (TPSA) is 36.4 Å². The SMILES string of the molecule is OCc1cc(N2CCCCCC2)ncc1Cl. The van der Waals surface area contributed by atoms with Gasteiger partial charge in [0.05, 0.1) is 11.6 Å². The van der Waals surface area contributed by atoms with E-state index in [1.54, 1.807) is 6.20 Å². The van der Waals surface area contributed by atoms with Gasteiger partial charge in [-0.2, -0.15) is 0 Å². The van der Waals surface area contributed by atoms with Crippen LogP contribution in [0.4, 0.5) is 5.82 Å². The Morgan fingerprint density at radius 2 is 1.94 bits per heavy atom. The third-order valence-corrected chi connectivity index (χ3v) is 3.36. The Bertz CT molecular complexity index is 349. The van der Waals surface area contributed by atoms with Crippen molar-refractivity contribution in [2.24, 2.45) is 0 Å². The summed E-state index contributed by atoms with van der Waals surface area (Å²) < 4.78 is 0. The number of aromatic nitrogens is 1. The largest absolute Gasteiger partial charge is 0.392 e. The van der Waals surface area contributed by atoms with Crippen LogP contribution in [0.15, 0.2) is 12.3 Å². The Morgan fingerprint density at radius 1 is 1.25 bits per heavy atom. The van der Waals surface area contributed by atoms with E-state index in [2.05, 4.69) is 9.88 Å². The average Bonchev–Trinajstić information content (AvgIpc) is 2.58. The Kier molecular flexibility index (Phi) is 4.02. The Hall–Kier alpha value is -0.800. The van der Waals surface area contributed by atoms with Crippen LogP contribution in [0.3, 0.4) is 0 Å². The molecule has 1 aliphatic heterocycles. The number of pyridine rings is 1. The molecule has 0 radical (unpaired) electrons. The van der Waals surface area contributed by atoms with Crippen molar-refractivity contribution in [3.8, 4) is 0 Å². The van der Waals surface area contributed by atoms with Gasteiger partial charge in [0.1, 0.15) is 5.82 Å². The third-order valence-electron chi connectivity index (χ3n) is 3.02. The fraction of sp³-hybridized carbons (Fsp3) is 0.583. The number of rotatable bonds is 2. The van der Waals surface area contributed by atoms with Gasteiger partial charge in [-0.05, 0) is 18.9 Å². The fourth-order valence-corrected chi connectivity index (χ4v) is 2.22. The summed E-state index contributed by atoms with van der Waals surface area (Å²) in [6.45, 7) is 2.08. The van der Waals surface area contributed by atoms with Crippen LogP contribution in [0.5, 0.6) is 0 Å². The smallest absolute Gasteiger partial charge is 0.128 e. The van der Waals surface area contributed by atoms with Crippen LogP contribution in [0.25, 0.3) is 0 Å². The molecular weight excluding hydrogens is 224 g/mol. The minimum absolute atomic E-state index is 0.0256. The van der Waals surface area contributed by atoms with E-state index >= 15 is 0 Å². The number of nitrogens with zero attached hydrogens (tertiary/aromatic N) is 2. The van der Waals surface area contributed by atoms with E-state index in [1.165, 1.54) is 25.7 Å². The molecule has 88 valence electrons. The zero-order chi connectivity index (χ0) is 11.4. The van der Waals surface area contributed by atoms with Crippen LogP contribution in [0, 0.1) is 0 Å². The van der Waals surface area contributed by atoms with Crippen LogP contribution < -0.4 is 4.90 Å². The van der Waals surface area contributed by atoms with Gasteiger partial charge in [0.25, 0.3) is 0 Å². The number of aliphatic hydroxyl groups excluding tert-OH is 1. The van der Waals surface area contributed by atoms with Crippen molar-refractivity contribution in [2.45, 2.75) is 32.3 Å². The molecule has 1 aromatic rings. The van der Waals surface area contributed by atoms with Gasteiger partial charge in [-0.15, -0.1) is 0 Å². The second kappa shape index (κ2) is 5.51. The zero-order valence-corrected chi connectivity index (χ0v) is 10.1. The van der Waals surface area contributed by atoms with Crippen LogP contribution in [0.2, 0.25) is 5.02 Å². The first-order chi connectivity index (χ1) is 7.81. The highest BCUT2D eigenvalue weighted by molar-refractivity contribution is 6.31. The molecule has 0 spiro atoms. The standard InChI is InChI=1S/C12H17ClN2O/c13-11-8-14-12(7-10(11)9-16)15-5-3-1-2-4-6-15/h7-8,16H,1-6,9H2. The highest BCUT2D eigenvalue weighted by Gasteiger charge is 2.12. The van der Waals surface area contributed by atoms with Gasteiger partial charge in [0.15, 0.2) is 0 Å². The lowest BCUT2D eigenvalue weighted by atomic mass is 10.2. The molecule has 0 bridgehead atoms. The van der Waals surface area contributed by atoms with Crippen LogP contribution in [0.1, 0.15) is 31.2 Å². The van der Waals surface area contributed by atoms with Gasteiger partial charge in [0, 0.05) is 24.8 Å². The van der Waals surface area contributed by atoms with Crippen molar-refractivity contribution in [1.29, 1.82) is 0 Å². The van der Waals surface area contributed by atoms with Crippen LogP contribution in [-0.4, -0.2) is 23.2 Å². The van der Waals surface area contributed by atoms with E-state index < -0.39 is 0 Å². The molecule has 1 N–H and O–H groups in total. The molecule has 2 rings (SSSR count). The Morgan fingerprint density at radius 3 is 2.56 bits per heavy atom. The van der Waals surface area contributed by atoms with Crippen molar-refractivity contribution < 1.29 is 5.11 Å². The fourth-order valence-electron chi connectivity index (χ4n) is 2.06. The summed E-state index contributed by atoms with van der Waals surface area (Å²) in [6, 6.07) is 1.90. The molecule has 1 saturated heterocycles. The van der Waals surface area contributed by atoms with Crippen molar-refractivity contribution in [2.75, 3.05) is 18.0 Å². The molecule has 0 atom stereocenters. The highest BCUT2D eigenvalue weighted by Crippen LogP contribution is 2.22. The number of aliphatic hydroxyl groups is 1. The minimum Gasteiger partial charge on any atom is -0.392 e. The van der Waals surface area contributed by atoms with E-state index in [-0.39, 0.29) is 6.61 Å². The van der Waals surface area contributed by atoms with Crippen LogP contribution in [-0.2, 0) is 6.61 Å². The first-order valence-corrected chi connectivity index (χ1v) is 6.19. The summed E-state index contributed by atoms with van der Waals surface area (Å²) in [4.78, 5) is 6.62. The summed E-state index contributed by atoms with van der Waals surface area (Å²) in [7, 11) is 0. The maximum absolute atomic E-state index is 9.17. The first kappa shape index (κ1) is 11.7. The van der Waals surface area contributed by atoms with Crippen molar-refractivity contribution in [3.05, 3.63) is 22.8 Å². The lowest BCUT2D eigenvalue weighted by molar-refractivity contribution is 0.282. The molecule has 1 aliphatic rings. The van der Waals surface area contributed by atoms with Gasteiger partial charge < -0.3 is 10.0 Å². The average molecular weight is 241 g/mol. The summed E-state index contributed by atoms with van der Waals surface area (Å²) in [5.41, 5.74) is 0.760. The summed E-state index contributed by atoms with van der Waals surface area (Å²) in [5.74, 6) is 0.940. The molecule has 0 saturated carbocycles. The summed E-state index contributed by atoms with van der Waals surface area (Å²) >= 11 is 5.93. The molecule has 1 fully saturated rings. The molecule has 1 aromatic heterocycles. The molecule has 3 nitrogen and oxygen atoms in total. The van der Waals surface area contributed by atoms with Gasteiger partial charge in [-0.25, -0.2) is 4.98 Å². The van der Waals surface area contributed by atoms with Crippen molar-refractivity contribution >= 4 is 17.4 Å². The number of halogens is 1. The third kappa shape index (κ3) is 2.66. The van der Waals surface area contributed by atoms with Gasteiger partial charge in [0.2, 0.25) is 0 Å². The number of anilines is 1. The second-order valence-electron chi connectivity index (χ2n) is 4.19. The van der Waals surface area contributed by atoms with E-state index in [0.717, 1.165) is 24.5 Å². The quantitative estimate of drug-likeness (QED) is 0.863. The molecule has 2 heterocycles. The zero-order valence-electron chi connectivity index (χ0n) is 9.32. The molecular formula is C12H17ClN2O. The van der Waals surface area contributed by atoms with Crippen molar-refractivity contribution in [3.63, 3.8) is 0 Å². The Labute approximate surface area is 101 Å². The monoisotopic (exact) mass is 240 g/mol. The van der Waals surface area contributed by atoms with E-state index in [1.807, 2.05) is 6.07 Å². The van der Waals surface area contributed by atoms with Gasteiger partial charge >= 0.3 is 0 Å². The Balaban J connectivity index is 2.18. The molecule has 16 heavy (non-hydrogen) atoms. The predicted octanol–water partition coefficient (Wildman–Crippen LogP) is 2.61.